The van der Waals surface area contributed by atoms with E-state index in [1.54, 1.807) is 0 Å². The first-order valence-corrected chi connectivity index (χ1v) is 4.48. The molecule has 1 aromatic carbocycles. The molecule has 1 heterocycles. The van der Waals surface area contributed by atoms with Gasteiger partial charge in [0.1, 0.15) is 10.9 Å². The zero-order valence-electron chi connectivity index (χ0n) is 7.44. The van der Waals surface area contributed by atoms with Crippen molar-refractivity contribution >= 4 is 28.3 Å². The number of carbonyl (C=O) groups is 1. The van der Waals surface area contributed by atoms with E-state index in [1.807, 2.05) is 0 Å². The molecule has 0 saturated heterocycles. The number of carboxylic acids is 1. The summed E-state index contributed by atoms with van der Waals surface area (Å²) >= 11 is 5.79. The lowest BCUT2D eigenvalue weighted by atomic mass is 10.1. The molecule has 0 radical (unpaired) electrons. The van der Waals surface area contributed by atoms with Gasteiger partial charge < -0.3 is 10.2 Å². The summed E-state index contributed by atoms with van der Waals surface area (Å²) in [5.74, 6) is -1.05. The molecule has 5 heteroatoms. The van der Waals surface area contributed by atoms with Crippen molar-refractivity contribution in [1.29, 1.82) is 0 Å². The second kappa shape index (κ2) is 3.40. The number of hydrogen-bond acceptors (Lipinski definition) is 3. The Balaban J connectivity index is 2.88. The highest BCUT2D eigenvalue weighted by atomic mass is 35.5. The molecule has 0 saturated carbocycles. The van der Waals surface area contributed by atoms with Crippen LogP contribution in [-0.2, 0) is 0 Å². The molecule has 0 amide bonds. The number of aromatic hydroxyl groups is 1. The van der Waals surface area contributed by atoms with E-state index < -0.39 is 5.97 Å². The number of pyridine rings is 1. The van der Waals surface area contributed by atoms with Crippen molar-refractivity contribution in [2.24, 2.45) is 0 Å². The summed E-state index contributed by atoms with van der Waals surface area (Å²) in [5.41, 5.74) is 0.0643. The van der Waals surface area contributed by atoms with Crippen molar-refractivity contribution in [1.82, 2.24) is 4.98 Å². The summed E-state index contributed by atoms with van der Waals surface area (Å²) in [4.78, 5) is 14.6. The molecule has 4 nitrogen and oxygen atoms in total. The molecule has 0 bridgehead atoms. The molecule has 2 N–H and O–H groups in total. The van der Waals surface area contributed by atoms with Gasteiger partial charge in [0, 0.05) is 17.0 Å². The normalized spacial score (nSPS) is 10.5. The smallest absolute Gasteiger partial charge is 0.337 e. The summed E-state index contributed by atoms with van der Waals surface area (Å²) in [5, 5.41) is 19.2. The van der Waals surface area contributed by atoms with Gasteiger partial charge in [-0.2, -0.15) is 0 Å². The molecule has 2 rings (SSSR count). The third-order valence-corrected chi connectivity index (χ3v) is 2.35. The molecule has 2 aromatic rings. The largest absolute Gasteiger partial charge is 0.508 e. The molecule has 0 aliphatic rings. The van der Waals surface area contributed by atoms with Crippen molar-refractivity contribution in [3.8, 4) is 5.75 Å². The fourth-order valence-electron chi connectivity index (χ4n) is 1.37. The number of aromatic nitrogens is 1. The highest BCUT2D eigenvalue weighted by molar-refractivity contribution is 6.34. The highest BCUT2D eigenvalue weighted by Gasteiger charge is 2.11. The van der Waals surface area contributed by atoms with Crippen LogP contribution < -0.4 is 0 Å². The van der Waals surface area contributed by atoms with E-state index in [4.69, 9.17) is 16.7 Å². The second-order valence-electron chi connectivity index (χ2n) is 3.00. The van der Waals surface area contributed by atoms with Gasteiger partial charge in [-0.05, 0) is 18.2 Å². The van der Waals surface area contributed by atoms with Gasteiger partial charge in [-0.25, -0.2) is 9.78 Å². The number of rotatable bonds is 1. The average Bonchev–Trinajstić information content (AvgIpc) is 2.19. The van der Waals surface area contributed by atoms with E-state index in [-0.39, 0.29) is 16.5 Å². The fraction of sp³-hybridized carbons (Fsp3) is 0. The lowest BCUT2D eigenvalue weighted by Crippen LogP contribution is -1.98. The summed E-state index contributed by atoms with van der Waals surface area (Å²) < 4.78 is 0. The van der Waals surface area contributed by atoms with Crippen LogP contribution in [-0.4, -0.2) is 21.2 Å². The van der Waals surface area contributed by atoms with E-state index in [0.29, 0.717) is 10.8 Å². The van der Waals surface area contributed by atoms with Crippen LogP contribution in [0.15, 0.2) is 24.4 Å². The van der Waals surface area contributed by atoms with Crippen molar-refractivity contribution in [2.75, 3.05) is 0 Å². The molecule has 0 aliphatic heterocycles. The number of aromatic carboxylic acids is 1. The van der Waals surface area contributed by atoms with Crippen LogP contribution in [0.3, 0.4) is 0 Å². The monoisotopic (exact) mass is 223 g/mol. The van der Waals surface area contributed by atoms with Crippen LogP contribution in [0, 0.1) is 0 Å². The van der Waals surface area contributed by atoms with Crippen LogP contribution in [0.25, 0.3) is 10.8 Å². The minimum atomic E-state index is -1.07. The van der Waals surface area contributed by atoms with Crippen molar-refractivity contribution in [3.63, 3.8) is 0 Å². The van der Waals surface area contributed by atoms with Crippen LogP contribution in [0.5, 0.6) is 5.75 Å². The third kappa shape index (κ3) is 1.59. The minimum absolute atomic E-state index is 0.0220. The van der Waals surface area contributed by atoms with Crippen LogP contribution in [0.1, 0.15) is 10.4 Å². The summed E-state index contributed by atoms with van der Waals surface area (Å²) in [6, 6.07) is 4.30. The average molecular weight is 224 g/mol. The van der Waals surface area contributed by atoms with Crippen LogP contribution in [0.2, 0.25) is 5.15 Å². The van der Waals surface area contributed by atoms with Gasteiger partial charge in [0.2, 0.25) is 0 Å². The molecule has 0 spiro atoms. The number of carboxylic acid groups (broad SMARTS) is 1. The first-order chi connectivity index (χ1) is 7.09. The Morgan fingerprint density at radius 3 is 2.73 bits per heavy atom. The van der Waals surface area contributed by atoms with Crippen molar-refractivity contribution in [2.45, 2.75) is 0 Å². The van der Waals surface area contributed by atoms with Gasteiger partial charge in [-0.15, -0.1) is 0 Å². The lowest BCUT2D eigenvalue weighted by Gasteiger charge is -2.03. The Kier molecular flexibility index (Phi) is 2.21. The molecule has 0 unspecified atom stereocenters. The predicted molar refractivity (Wildman–Crippen MR) is 55.4 cm³/mol. The molecule has 76 valence electrons. The number of fused-ring (bicyclic) bond motifs is 1. The van der Waals surface area contributed by atoms with E-state index in [2.05, 4.69) is 4.98 Å². The van der Waals surface area contributed by atoms with E-state index >= 15 is 0 Å². The number of phenolic OH excluding ortho intramolecular Hbond substituents is 1. The third-order valence-electron chi connectivity index (χ3n) is 2.05. The van der Waals surface area contributed by atoms with Gasteiger partial charge in [0.05, 0.1) is 5.56 Å². The molecule has 0 atom stereocenters. The number of halogens is 1. The minimum Gasteiger partial charge on any atom is -0.508 e. The quantitative estimate of drug-likeness (QED) is 0.728. The Bertz CT molecular complexity index is 554. The maximum atomic E-state index is 10.9. The van der Waals surface area contributed by atoms with Gasteiger partial charge >= 0.3 is 5.97 Å². The second-order valence-corrected chi connectivity index (χ2v) is 3.36. The van der Waals surface area contributed by atoms with Gasteiger partial charge in [0.25, 0.3) is 0 Å². The first kappa shape index (κ1) is 9.73. The highest BCUT2D eigenvalue weighted by Crippen LogP contribution is 2.27. The topological polar surface area (TPSA) is 70.4 Å². The number of hydrogen-bond donors (Lipinski definition) is 2. The lowest BCUT2D eigenvalue weighted by molar-refractivity contribution is 0.0698. The van der Waals surface area contributed by atoms with E-state index in [1.165, 1.54) is 24.4 Å². The van der Waals surface area contributed by atoms with Crippen molar-refractivity contribution in [3.05, 3.63) is 35.1 Å². The van der Waals surface area contributed by atoms with Gasteiger partial charge in [-0.1, -0.05) is 11.6 Å². The molecule has 15 heavy (non-hydrogen) atoms. The van der Waals surface area contributed by atoms with Gasteiger partial charge in [0.15, 0.2) is 0 Å². The first-order valence-electron chi connectivity index (χ1n) is 4.10. The zero-order chi connectivity index (χ0) is 11.0. The van der Waals surface area contributed by atoms with E-state index in [0.717, 1.165) is 0 Å². The molecule has 0 fully saturated rings. The van der Waals surface area contributed by atoms with Crippen LogP contribution in [0.4, 0.5) is 0 Å². The Hall–Kier alpha value is -1.81. The molecular weight excluding hydrogens is 218 g/mol. The standard InChI is InChI=1S/C10H6ClNO3/c11-9-7-3-5(13)1-2-6(7)8(4-12-9)10(14)15/h1-4,13H,(H,14,15). The maximum absolute atomic E-state index is 10.9. The Labute approximate surface area is 89.8 Å². The van der Waals surface area contributed by atoms with Gasteiger partial charge in [-0.3, -0.25) is 0 Å². The number of phenols is 1. The number of nitrogens with zero attached hydrogens (tertiary/aromatic N) is 1. The summed E-state index contributed by atoms with van der Waals surface area (Å²) in [6.45, 7) is 0. The van der Waals surface area contributed by atoms with Crippen LogP contribution >= 0.6 is 11.6 Å². The summed E-state index contributed by atoms with van der Waals surface area (Å²) in [6.07, 6.45) is 1.20. The summed E-state index contributed by atoms with van der Waals surface area (Å²) in [7, 11) is 0. The Morgan fingerprint density at radius 2 is 2.07 bits per heavy atom. The number of benzene rings is 1. The zero-order valence-corrected chi connectivity index (χ0v) is 8.19. The molecular formula is C10H6ClNO3. The maximum Gasteiger partial charge on any atom is 0.337 e. The predicted octanol–water partition coefficient (Wildman–Crippen LogP) is 2.29. The SMILES string of the molecule is O=C(O)c1cnc(Cl)c2cc(O)ccc12. The molecule has 0 aliphatic carbocycles. The fourth-order valence-corrected chi connectivity index (χ4v) is 1.57. The molecule has 1 aromatic heterocycles. The van der Waals surface area contributed by atoms with E-state index in [9.17, 15) is 9.90 Å². The van der Waals surface area contributed by atoms with Crippen molar-refractivity contribution < 1.29 is 15.0 Å². The Morgan fingerprint density at radius 1 is 1.33 bits per heavy atom.